The summed E-state index contributed by atoms with van der Waals surface area (Å²) in [5, 5.41) is 2.57. The number of nitrogens with zero attached hydrogens (tertiary/aromatic N) is 1. The zero-order chi connectivity index (χ0) is 24.6. The number of carbonyl (C=O) groups is 3. The molecule has 2 aliphatic rings. The van der Waals surface area contributed by atoms with E-state index in [1.54, 1.807) is 12.1 Å². The molecular formula is C22H19F3N2O7. The summed E-state index contributed by atoms with van der Waals surface area (Å²) in [5.41, 5.74) is 0.657. The van der Waals surface area contributed by atoms with Gasteiger partial charge in [-0.15, -0.1) is 13.2 Å². The van der Waals surface area contributed by atoms with E-state index >= 15 is 0 Å². The molecule has 2 aromatic rings. The molecule has 2 atom stereocenters. The van der Waals surface area contributed by atoms with E-state index < -0.39 is 42.2 Å². The number of nitrogens with one attached hydrogen (secondary N) is 1. The van der Waals surface area contributed by atoms with Crippen molar-refractivity contribution in [3.8, 4) is 17.2 Å². The number of likely N-dealkylation sites (tertiary alicyclic amines) is 1. The van der Waals surface area contributed by atoms with Crippen molar-refractivity contribution in [2.75, 3.05) is 19.5 Å². The third-order valence-electron chi connectivity index (χ3n) is 5.43. The van der Waals surface area contributed by atoms with Gasteiger partial charge in [0.2, 0.25) is 18.0 Å². The Kier molecular flexibility index (Phi) is 5.98. The van der Waals surface area contributed by atoms with Crippen LogP contribution in [0.3, 0.4) is 0 Å². The minimum Gasteiger partial charge on any atom is -0.493 e. The van der Waals surface area contributed by atoms with Crippen molar-refractivity contribution in [1.82, 2.24) is 4.90 Å². The highest BCUT2D eigenvalue weighted by molar-refractivity contribution is 6.01. The van der Waals surface area contributed by atoms with E-state index in [9.17, 15) is 27.6 Å². The molecule has 1 saturated heterocycles. The fraction of sp³-hybridized carbons (Fsp3) is 0.318. The van der Waals surface area contributed by atoms with Gasteiger partial charge >= 0.3 is 12.3 Å². The number of methoxy groups -OCH3 is 2. The van der Waals surface area contributed by atoms with Gasteiger partial charge in [0.05, 0.1) is 14.2 Å². The van der Waals surface area contributed by atoms with Crippen LogP contribution >= 0.6 is 0 Å². The van der Waals surface area contributed by atoms with Gasteiger partial charge in [-0.05, 0) is 42.8 Å². The van der Waals surface area contributed by atoms with Gasteiger partial charge in [-0.25, -0.2) is 4.79 Å². The van der Waals surface area contributed by atoms with Crippen LogP contribution in [0.1, 0.15) is 35.0 Å². The number of hydrogen-bond acceptors (Lipinski definition) is 7. The summed E-state index contributed by atoms with van der Waals surface area (Å²) in [4.78, 5) is 39.4. The maximum absolute atomic E-state index is 13.0. The highest BCUT2D eigenvalue weighted by Gasteiger charge is 2.47. The summed E-state index contributed by atoms with van der Waals surface area (Å²) in [7, 11) is 2.77. The molecule has 0 saturated carbocycles. The summed E-state index contributed by atoms with van der Waals surface area (Å²) in [6.45, 7) is 0. The zero-order valence-corrected chi connectivity index (χ0v) is 18.0. The first-order valence-corrected chi connectivity index (χ1v) is 10.1. The monoisotopic (exact) mass is 480 g/mol. The molecule has 1 fully saturated rings. The van der Waals surface area contributed by atoms with Crippen LogP contribution in [-0.4, -0.2) is 49.3 Å². The topological polar surface area (TPSA) is 103 Å². The highest BCUT2D eigenvalue weighted by atomic mass is 19.4. The predicted octanol–water partition coefficient (Wildman–Crippen LogP) is 3.40. The lowest BCUT2D eigenvalue weighted by atomic mass is 10.1. The maximum atomic E-state index is 13.0. The molecule has 2 aromatic carbocycles. The first-order chi connectivity index (χ1) is 16.1. The smallest absolute Gasteiger partial charge is 0.493 e. The van der Waals surface area contributed by atoms with Crippen LogP contribution < -0.4 is 19.5 Å². The van der Waals surface area contributed by atoms with Gasteiger partial charge in [-0.2, -0.15) is 0 Å². The van der Waals surface area contributed by atoms with E-state index in [4.69, 9.17) is 14.2 Å². The van der Waals surface area contributed by atoms with Crippen LogP contribution in [0.25, 0.3) is 0 Å². The van der Waals surface area contributed by atoms with Gasteiger partial charge < -0.3 is 24.3 Å². The number of fused-ring (bicyclic) bond motifs is 1. The molecule has 0 bridgehead atoms. The van der Waals surface area contributed by atoms with E-state index in [2.05, 4.69) is 10.1 Å². The van der Waals surface area contributed by atoms with Crippen molar-refractivity contribution < 1.29 is 46.5 Å². The van der Waals surface area contributed by atoms with E-state index in [1.165, 1.54) is 31.3 Å². The zero-order valence-electron chi connectivity index (χ0n) is 18.0. The predicted molar refractivity (Wildman–Crippen MR) is 109 cm³/mol. The fourth-order valence-corrected chi connectivity index (χ4v) is 4.01. The Morgan fingerprint density at radius 3 is 2.41 bits per heavy atom. The number of cyclic esters (lactones) is 1. The third-order valence-corrected chi connectivity index (χ3v) is 5.43. The number of esters is 1. The number of carbonyl (C=O) groups excluding carboxylic acids is 3. The van der Waals surface area contributed by atoms with Gasteiger partial charge in [0.25, 0.3) is 0 Å². The number of benzene rings is 2. The molecule has 2 heterocycles. The fourth-order valence-electron chi connectivity index (χ4n) is 4.01. The van der Waals surface area contributed by atoms with Crippen LogP contribution in [0.4, 0.5) is 18.9 Å². The van der Waals surface area contributed by atoms with E-state index in [0.717, 1.165) is 12.1 Å². The van der Waals surface area contributed by atoms with Crippen LogP contribution in [-0.2, 0) is 14.3 Å². The van der Waals surface area contributed by atoms with Crippen LogP contribution in [0.5, 0.6) is 17.2 Å². The summed E-state index contributed by atoms with van der Waals surface area (Å²) >= 11 is 0. The minimum atomic E-state index is -4.84. The van der Waals surface area contributed by atoms with Gasteiger partial charge in [0.1, 0.15) is 17.4 Å². The Balaban J connectivity index is 1.56. The molecule has 34 heavy (non-hydrogen) atoms. The second kappa shape index (κ2) is 8.76. The molecular weight excluding hydrogens is 461 g/mol. The van der Waals surface area contributed by atoms with Crippen molar-refractivity contribution in [3.05, 3.63) is 47.5 Å². The second-order valence-corrected chi connectivity index (χ2v) is 7.44. The highest BCUT2D eigenvalue weighted by Crippen LogP contribution is 2.45. The molecule has 0 spiro atoms. The average molecular weight is 480 g/mol. The Morgan fingerprint density at radius 2 is 1.79 bits per heavy atom. The molecule has 1 N–H and O–H groups in total. The molecule has 180 valence electrons. The van der Waals surface area contributed by atoms with Crippen molar-refractivity contribution in [2.24, 2.45) is 0 Å². The molecule has 0 aromatic heterocycles. The lowest BCUT2D eigenvalue weighted by Gasteiger charge is -2.29. The standard InChI is InChI=1S/C22H19F3N2O7/c1-31-15-9-7-13-17(18(15)32-2)21(30)33-20(13)27-14(8-10-16(27)28)19(29)26-11-3-5-12(6-4-11)34-22(23,24)25/h3-7,9,14,20H,8,10H2,1-2H3,(H,26,29). The quantitative estimate of drug-likeness (QED) is 0.632. The first kappa shape index (κ1) is 23.2. The third kappa shape index (κ3) is 4.30. The molecule has 0 radical (unpaired) electrons. The number of rotatable bonds is 6. The normalized spacial score (nSPS) is 19.5. The molecule has 0 aliphatic carbocycles. The van der Waals surface area contributed by atoms with Crippen molar-refractivity contribution in [2.45, 2.75) is 31.5 Å². The lowest BCUT2D eigenvalue weighted by Crippen LogP contribution is -2.43. The number of hydrogen-bond donors (Lipinski definition) is 1. The van der Waals surface area contributed by atoms with Gasteiger partial charge in [-0.3, -0.25) is 14.5 Å². The average Bonchev–Trinajstić information content (AvgIpc) is 3.33. The number of amides is 2. The van der Waals surface area contributed by atoms with Crippen LogP contribution in [0.15, 0.2) is 36.4 Å². The molecule has 2 amide bonds. The number of alkyl halides is 3. The van der Waals surface area contributed by atoms with Crippen molar-refractivity contribution in [1.29, 1.82) is 0 Å². The molecule has 9 nitrogen and oxygen atoms in total. The Bertz CT molecular complexity index is 1130. The van der Waals surface area contributed by atoms with Gasteiger partial charge in [0.15, 0.2) is 11.5 Å². The minimum absolute atomic E-state index is 0.0487. The maximum Gasteiger partial charge on any atom is 0.573 e. The summed E-state index contributed by atoms with van der Waals surface area (Å²) in [6, 6.07) is 6.73. The molecule has 2 unspecified atom stereocenters. The number of halogens is 3. The Labute approximate surface area is 191 Å². The second-order valence-electron chi connectivity index (χ2n) is 7.44. The first-order valence-electron chi connectivity index (χ1n) is 10.1. The Hall–Kier alpha value is -3.96. The lowest BCUT2D eigenvalue weighted by molar-refractivity contribution is -0.274. The van der Waals surface area contributed by atoms with Crippen LogP contribution in [0.2, 0.25) is 0 Å². The summed E-state index contributed by atoms with van der Waals surface area (Å²) < 4.78 is 56.7. The molecule has 4 rings (SSSR count). The molecule has 12 heteroatoms. The van der Waals surface area contributed by atoms with E-state index in [-0.39, 0.29) is 29.8 Å². The largest absolute Gasteiger partial charge is 0.573 e. The number of ether oxygens (including phenoxy) is 4. The van der Waals surface area contributed by atoms with Gasteiger partial charge in [0, 0.05) is 17.7 Å². The SMILES string of the molecule is COc1ccc2c(c1OC)C(=O)OC2N1C(=O)CCC1C(=O)Nc1ccc(OC(F)(F)F)cc1. The number of anilines is 1. The van der Waals surface area contributed by atoms with E-state index in [1.807, 2.05) is 0 Å². The van der Waals surface area contributed by atoms with E-state index in [0.29, 0.717) is 11.3 Å². The Morgan fingerprint density at radius 1 is 1.09 bits per heavy atom. The van der Waals surface area contributed by atoms with Crippen LogP contribution in [0, 0.1) is 0 Å². The molecule has 2 aliphatic heterocycles. The summed E-state index contributed by atoms with van der Waals surface area (Å²) in [6.07, 6.45) is -5.77. The van der Waals surface area contributed by atoms with Crippen molar-refractivity contribution >= 4 is 23.5 Å². The van der Waals surface area contributed by atoms with Gasteiger partial charge in [-0.1, -0.05) is 0 Å². The van der Waals surface area contributed by atoms with Crippen molar-refractivity contribution in [3.63, 3.8) is 0 Å². The summed E-state index contributed by atoms with van der Waals surface area (Å²) in [5.74, 6) is -1.69.